The van der Waals surface area contributed by atoms with Crippen molar-refractivity contribution in [3.8, 4) is 5.95 Å². The SMILES string of the molecule is CCC(C)[C@H](N)C(=O)N1CCN(c2nc(N3CCOCC3)nc(-n3c(C(F)F)nc4ccccc43)n2)CC1. The van der Waals surface area contributed by atoms with E-state index in [1.54, 1.807) is 29.2 Å². The van der Waals surface area contributed by atoms with E-state index in [4.69, 9.17) is 15.5 Å². The normalized spacial score (nSPS) is 18.3. The first-order chi connectivity index (χ1) is 18.4. The molecule has 3 aromatic rings. The summed E-state index contributed by atoms with van der Waals surface area (Å²) in [6.45, 7) is 8.08. The summed E-state index contributed by atoms with van der Waals surface area (Å²) in [7, 11) is 0. The van der Waals surface area contributed by atoms with Gasteiger partial charge in [-0.3, -0.25) is 9.36 Å². The van der Waals surface area contributed by atoms with Crippen LogP contribution < -0.4 is 15.5 Å². The first-order valence-electron chi connectivity index (χ1n) is 13.0. The third-order valence-corrected chi connectivity index (χ3v) is 7.29. The molecule has 1 unspecified atom stereocenters. The Balaban J connectivity index is 1.49. The lowest BCUT2D eigenvalue weighted by Crippen LogP contribution is -2.55. The van der Waals surface area contributed by atoms with Crippen molar-refractivity contribution in [1.29, 1.82) is 0 Å². The van der Waals surface area contributed by atoms with Crippen LogP contribution in [0.2, 0.25) is 0 Å². The number of para-hydroxylation sites is 2. The Morgan fingerprint density at radius 2 is 1.55 bits per heavy atom. The number of rotatable bonds is 7. The van der Waals surface area contributed by atoms with Crippen LogP contribution in [-0.2, 0) is 9.53 Å². The Kier molecular flexibility index (Phi) is 7.65. The maximum atomic E-state index is 14.1. The molecule has 2 N–H and O–H groups in total. The van der Waals surface area contributed by atoms with Crippen LogP contribution in [0.25, 0.3) is 17.0 Å². The van der Waals surface area contributed by atoms with E-state index in [0.29, 0.717) is 75.4 Å². The Labute approximate surface area is 219 Å². The van der Waals surface area contributed by atoms with Gasteiger partial charge in [-0.1, -0.05) is 32.4 Å². The van der Waals surface area contributed by atoms with Crippen LogP contribution in [0.3, 0.4) is 0 Å². The van der Waals surface area contributed by atoms with Gasteiger partial charge in [0, 0.05) is 39.3 Å². The fourth-order valence-corrected chi connectivity index (χ4v) is 4.73. The number of hydrogen-bond donors (Lipinski definition) is 1. The van der Waals surface area contributed by atoms with Gasteiger partial charge >= 0.3 is 0 Å². The zero-order valence-electron chi connectivity index (χ0n) is 21.6. The fourth-order valence-electron chi connectivity index (χ4n) is 4.73. The van der Waals surface area contributed by atoms with Crippen LogP contribution in [0.5, 0.6) is 0 Å². The minimum absolute atomic E-state index is 0.0594. The largest absolute Gasteiger partial charge is 0.378 e. The summed E-state index contributed by atoms with van der Waals surface area (Å²) in [4.78, 5) is 36.7. The first kappa shape index (κ1) is 26.2. The van der Waals surface area contributed by atoms with Gasteiger partial charge in [-0.05, 0) is 18.1 Å². The summed E-state index contributed by atoms with van der Waals surface area (Å²) >= 11 is 0. The Morgan fingerprint density at radius 3 is 2.18 bits per heavy atom. The molecule has 0 spiro atoms. The third kappa shape index (κ3) is 5.12. The monoisotopic (exact) mass is 529 g/mol. The molecule has 1 amide bonds. The molecule has 0 bridgehead atoms. The molecule has 2 fully saturated rings. The van der Waals surface area contributed by atoms with Crippen LogP contribution in [0, 0.1) is 5.92 Å². The molecule has 1 aromatic carbocycles. The van der Waals surface area contributed by atoms with Gasteiger partial charge < -0.3 is 25.2 Å². The maximum absolute atomic E-state index is 14.1. The van der Waals surface area contributed by atoms with E-state index in [9.17, 15) is 13.6 Å². The van der Waals surface area contributed by atoms with Gasteiger partial charge in [-0.2, -0.15) is 15.0 Å². The molecule has 5 rings (SSSR count). The van der Waals surface area contributed by atoms with E-state index in [1.807, 2.05) is 23.6 Å². The molecule has 0 saturated carbocycles. The van der Waals surface area contributed by atoms with Crippen LogP contribution in [-0.4, -0.2) is 93.8 Å². The topological polar surface area (TPSA) is 119 Å². The smallest absolute Gasteiger partial charge is 0.296 e. The summed E-state index contributed by atoms with van der Waals surface area (Å²) in [6.07, 6.45) is -1.99. The lowest BCUT2D eigenvalue weighted by Gasteiger charge is -2.37. The second-order valence-corrected chi connectivity index (χ2v) is 9.65. The number of aromatic nitrogens is 5. The van der Waals surface area contributed by atoms with Crippen LogP contribution >= 0.6 is 0 Å². The Bertz CT molecular complexity index is 1270. The second kappa shape index (κ2) is 11.1. The average Bonchev–Trinajstić information content (AvgIpc) is 3.36. The van der Waals surface area contributed by atoms with E-state index in [2.05, 4.69) is 15.0 Å². The minimum atomic E-state index is -2.82. The van der Waals surface area contributed by atoms with E-state index < -0.39 is 18.3 Å². The predicted molar refractivity (Wildman–Crippen MR) is 139 cm³/mol. The van der Waals surface area contributed by atoms with Crippen LogP contribution in [0.1, 0.15) is 32.5 Å². The van der Waals surface area contributed by atoms with Gasteiger partial charge in [-0.15, -0.1) is 0 Å². The molecule has 13 heteroatoms. The summed E-state index contributed by atoms with van der Waals surface area (Å²) in [6, 6.07) is 6.38. The van der Waals surface area contributed by atoms with Crippen molar-refractivity contribution in [2.24, 2.45) is 11.7 Å². The molecule has 0 radical (unpaired) electrons. The molecule has 2 saturated heterocycles. The number of fused-ring (bicyclic) bond motifs is 1. The molecule has 2 aromatic heterocycles. The summed E-state index contributed by atoms with van der Waals surface area (Å²) in [5.74, 6) is 0.451. The predicted octanol–water partition coefficient (Wildman–Crippen LogP) is 2.01. The molecular weight excluding hydrogens is 496 g/mol. The molecule has 204 valence electrons. The van der Waals surface area contributed by atoms with Crippen molar-refractivity contribution >= 4 is 28.8 Å². The number of nitrogens with two attached hydrogens (primary N) is 1. The lowest BCUT2D eigenvalue weighted by molar-refractivity contribution is -0.134. The number of anilines is 2. The van der Waals surface area contributed by atoms with Crippen molar-refractivity contribution in [3.63, 3.8) is 0 Å². The van der Waals surface area contributed by atoms with E-state index >= 15 is 0 Å². The Morgan fingerprint density at radius 1 is 0.947 bits per heavy atom. The molecule has 38 heavy (non-hydrogen) atoms. The minimum Gasteiger partial charge on any atom is -0.378 e. The van der Waals surface area contributed by atoms with Crippen molar-refractivity contribution in [2.45, 2.75) is 32.7 Å². The van der Waals surface area contributed by atoms with Crippen molar-refractivity contribution < 1.29 is 18.3 Å². The highest BCUT2D eigenvalue weighted by Crippen LogP contribution is 2.28. The van der Waals surface area contributed by atoms with Gasteiger partial charge in [-0.25, -0.2) is 13.8 Å². The number of ether oxygens (including phenoxy) is 1. The average molecular weight is 530 g/mol. The summed E-state index contributed by atoms with van der Waals surface area (Å²) in [5.41, 5.74) is 7.11. The molecular formula is C25H33F2N9O2. The van der Waals surface area contributed by atoms with E-state index in [-0.39, 0.29) is 17.8 Å². The molecule has 0 aliphatic carbocycles. The molecule has 2 atom stereocenters. The first-order valence-corrected chi connectivity index (χ1v) is 13.0. The van der Waals surface area contributed by atoms with Gasteiger partial charge in [0.15, 0.2) is 5.82 Å². The van der Waals surface area contributed by atoms with Gasteiger partial charge in [0.1, 0.15) is 0 Å². The van der Waals surface area contributed by atoms with Crippen molar-refractivity contribution in [2.75, 3.05) is 62.3 Å². The number of amides is 1. The molecule has 2 aliphatic rings. The number of piperazine rings is 1. The zero-order valence-corrected chi connectivity index (χ0v) is 21.6. The summed E-state index contributed by atoms with van der Waals surface area (Å²) < 4.78 is 35.0. The Hall–Kier alpha value is -3.45. The number of nitrogens with zero attached hydrogens (tertiary/aromatic N) is 8. The quantitative estimate of drug-likeness (QED) is 0.490. The maximum Gasteiger partial charge on any atom is 0.296 e. The third-order valence-electron chi connectivity index (χ3n) is 7.29. The number of carbonyl (C=O) groups excluding carboxylic acids is 1. The standard InChI is InChI=1S/C25H33F2N9O2/c1-3-16(2)19(28)22(37)33-8-10-34(11-9-33)23-30-24(35-12-14-38-15-13-35)32-25(31-23)36-18-7-5-4-6-17(18)29-21(36)20(26)27/h4-7,16,19-20H,3,8-15,28H2,1-2H3/t16?,19-/m0/s1. The van der Waals surface area contributed by atoms with Gasteiger partial charge in [0.05, 0.1) is 30.3 Å². The number of hydrogen-bond acceptors (Lipinski definition) is 9. The molecule has 11 nitrogen and oxygen atoms in total. The number of benzene rings is 1. The number of imidazole rings is 1. The lowest BCUT2D eigenvalue weighted by atomic mass is 9.98. The highest BCUT2D eigenvalue weighted by Gasteiger charge is 2.30. The summed E-state index contributed by atoms with van der Waals surface area (Å²) in [5, 5.41) is 0. The highest BCUT2D eigenvalue weighted by molar-refractivity contribution is 5.82. The second-order valence-electron chi connectivity index (χ2n) is 9.65. The number of halogens is 2. The van der Waals surface area contributed by atoms with Gasteiger partial charge in [0.25, 0.3) is 6.43 Å². The molecule has 4 heterocycles. The van der Waals surface area contributed by atoms with Crippen LogP contribution in [0.4, 0.5) is 20.7 Å². The molecule has 2 aliphatic heterocycles. The fraction of sp³-hybridized carbons (Fsp3) is 0.560. The number of morpholine rings is 1. The van der Waals surface area contributed by atoms with E-state index in [0.717, 1.165) is 6.42 Å². The number of carbonyl (C=O) groups is 1. The van der Waals surface area contributed by atoms with Crippen molar-refractivity contribution in [1.82, 2.24) is 29.4 Å². The van der Waals surface area contributed by atoms with Gasteiger partial charge in [0.2, 0.25) is 23.8 Å². The zero-order chi connectivity index (χ0) is 26.8. The number of alkyl halides is 2. The van der Waals surface area contributed by atoms with Crippen molar-refractivity contribution in [3.05, 3.63) is 30.1 Å². The van der Waals surface area contributed by atoms with Crippen LogP contribution in [0.15, 0.2) is 24.3 Å². The van der Waals surface area contributed by atoms with E-state index in [1.165, 1.54) is 4.57 Å². The highest BCUT2D eigenvalue weighted by atomic mass is 19.3.